The smallest absolute Gasteiger partial charge is 0.258 e. The predicted octanol–water partition coefficient (Wildman–Crippen LogP) is 5.04. The lowest BCUT2D eigenvalue weighted by Gasteiger charge is -2.36. The van der Waals surface area contributed by atoms with E-state index in [4.69, 9.17) is 4.99 Å². The molecule has 6 nitrogen and oxygen atoms in total. The van der Waals surface area contributed by atoms with Crippen molar-refractivity contribution in [3.05, 3.63) is 94.4 Å². The Hall–Kier alpha value is -3.93. The van der Waals surface area contributed by atoms with Gasteiger partial charge in [0.05, 0.1) is 17.0 Å². The lowest BCUT2D eigenvalue weighted by atomic mass is 10.0. The first kappa shape index (κ1) is 21.9. The van der Waals surface area contributed by atoms with Crippen LogP contribution in [0, 0.1) is 6.92 Å². The Morgan fingerprint density at radius 1 is 0.971 bits per heavy atom. The van der Waals surface area contributed by atoms with Crippen molar-refractivity contribution in [3.8, 4) is 11.3 Å². The summed E-state index contributed by atoms with van der Waals surface area (Å²) in [5.74, 6) is 1.03. The fourth-order valence-electron chi connectivity index (χ4n) is 4.57. The van der Waals surface area contributed by atoms with Crippen molar-refractivity contribution in [2.45, 2.75) is 20.3 Å². The number of aromatic amines is 1. The van der Waals surface area contributed by atoms with E-state index in [-0.39, 0.29) is 5.56 Å². The monoisotopic (exact) mass is 451 g/mol. The van der Waals surface area contributed by atoms with E-state index in [1.807, 2.05) is 48.7 Å². The molecule has 34 heavy (non-hydrogen) atoms. The van der Waals surface area contributed by atoms with Gasteiger partial charge in [0.15, 0.2) is 0 Å². The van der Waals surface area contributed by atoms with Gasteiger partial charge in [-0.3, -0.25) is 9.79 Å². The van der Waals surface area contributed by atoms with E-state index in [9.17, 15) is 4.79 Å². The lowest BCUT2D eigenvalue weighted by Crippen LogP contribution is -2.46. The number of aryl methyl sites for hydroxylation is 1. The molecule has 0 amide bonds. The van der Waals surface area contributed by atoms with E-state index in [2.05, 4.69) is 57.9 Å². The molecular weight excluding hydrogens is 422 g/mol. The van der Waals surface area contributed by atoms with Gasteiger partial charge >= 0.3 is 0 Å². The maximum absolute atomic E-state index is 12.8. The summed E-state index contributed by atoms with van der Waals surface area (Å²) in [5, 5.41) is 0. The van der Waals surface area contributed by atoms with Crippen LogP contribution in [-0.2, 0) is 0 Å². The summed E-state index contributed by atoms with van der Waals surface area (Å²) in [5.41, 5.74) is 6.31. The van der Waals surface area contributed by atoms with Gasteiger partial charge in [-0.05, 0) is 49.2 Å². The molecule has 1 N–H and O–H groups in total. The van der Waals surface area contributed by atoms with Crippen molar-refractivity contribution < 1.29 is 0 Å². The first-order valence-electron chi connectivity index (χ1n) is 11.8. The zero-order valence-electron chi connectivity index (χ0n) is 19.7. The van der Waals surface area contributed by atoms with Crippen LogP contribution in [0.2, 0.25) is 0 Å². The Morgan fingerprint density at radius 2 is 1.74 bits per heavy atom. The van der Waals surface area contributed by atoms with Crippen molar-refractivity contribution in [3.63, 3.8) is 0 Å². The number of H-pyrrole nitrogens is 1. The van der Waals surface area contributed by atoms with Crippen molar-refractivity contribution >= 4 is 22.9 Å². The lowest BCUT2D eigenvalue weighted by molar-refractivity contribution is 0.647. The number of piperazine rings is 1. The molecule has 1 aliphatic carbocycles. The highest BCUT2D eigenvalue weighted by Gasteiger charge is 2.20. The Kier molecular flexibility index (Phi) is 6.12. The Labute approximate surface area is 200 Å². The second-order valence-electron chi connectivity index (χ2n) is 8.61. The Bertz CT molecular complexity index is 1340. The minimum Gasteiger partial charge on any atom is -0.368 e. The predicted molar refractivity (Wildman–Crippen MR) is 140 cm³/mol. The second kappa shape index (κ2) is 9.51. The van der Waals surface area contributed by atoms with Gasteiger partial charge in [0.25, 0.3) is 5.56 Å². The second-order valence-corrected chi connectivity index (χ2v) is 8.61. The third-order valence-corrected chi connectivity index (χ3v) is 6.47. The molecule has 0 atom stereocenters. The first-order chi connectivity index (χ1) is 16.6. The number of rotatable bonds is 5. The van der Waals surface area contributed by atoms with Crippen LogP contribution in [0.1, 0.15) is 24.5 Å². The molecule has 1 saturated heterocycles. The summed E-state index contributed by atoms with van der Waals surface area (Å²) >= 11 is 0. The largest absolute Gasteiger partial charge is 0.368 e. The van der Waals surface area contributed by atoms with E-state index in [0.717, 1.165) is 65.9 Å². The van der Waals surface area contributed by atoms with E-state index in [0.29, 0.717) is 12.0 Å². The number of benzene rings is 1. The molecule has 3 aliphatic rings. The zero-order chi connectivity index (χ0) is 23.5. The first-order valence-corrected chi connectivity index (χ1v) is 11.8. The molecule has 5 rings (SSSR count). The van der Waals surface area contributed by atoms with Crippen LogP contribution in [0.5, 0.6) is 0 Å². The average molecular weight is 452 g/mol. The topological polar surface area (TPSA) is 64.6 Å². The minimum atomic E-state index is -0.0822. The molecule has 1 aromatic heterocycles. The van der Waals surface area contributed by atoms with E-state index in [1.165, 1.54) is 0 Å². The number of aromatic nitrogens is 2. The fraction of sp³-hybridized carbons (Fsp3) is 0.250. The van der Waals surface area contributed by atoms with Gasteiger partial charge in [-0.15, -0.1) is 0 Å². The van der Waals surface area contributed by atoms with Crippen molar-refractivity contribution in [1.82, 2.24) is 9.97 Å². The molecule has 0 spiro atoms. The van der Waals surface area contributed by atoms with Gasteiger partial charge < -0.3 is 14.8 Å². The molecular formula is C28H29N5O. The van der Waals surface area contributed by atoms with Crippen LogP contribution in [0.4, 0.5) is 17.2 Å². The number of nitrogens with zero attached hydrogens (tertiary/aromatic N) is 4. The Morgan fingerprint density at radius 3 is 2.50 bits per heavy atom. The third kappa shape index (κ3) is 4.31. The third-order valence-electron chi connectivity index (χ3n) is 6.47. The highest BCUT2D eigenvalue weighted by molar-refractivity contribution is 6.07. The number of nitrogens with one attached hydrogen (secondary N) is 1. The maximum atomic E-state index is 12.8. The van der Waals surface area contributed by atoms with E-state index in [1.54, 1.807) is 0 Å². The molecule has 0 bridgehead atoms. The number of pyridine rings is 1. The highest BCUT2D eigenvalue weighted by Crippen LogP contribution is 2.29. The molecule has 1 fully saturated rings. The van der Waals surface area contributed by atoms with E-state index < -0.39 is 0 Å². The molecule has 0 saturated carbocycles. The van der Waals surface area contributed by atoms with Gasteiger partial charge in [-0.1, -0.05) is 43.3 Å². The quantitative estimate of drug-likeness (QED) is 0.432. The average Bonchev–Trinajstić information content (AvgIpc) is 3.02. The van der Waals surface area contributed by atoms with Crippen molar-refractivity contribution in [2.75, 3.05) is 36.0 Å². The molecule has 0 unspecified atom stereocenters. The summed E-state index contributed by atoms with van der Waals surface area (Å²) in [7, 11) is 0. The van der Waals surface area contributed by atoms with Crippen LogP contribution < -0.4 is 15.4 Å². The van der Waals surface area contributed by atoms with Crippen molar-refractivity contribution in [1.29, 1.82) is 0 Å². The molecule has 3 heterocycles. The maximum Gasteiger partial charge on any atom is 0.258 e. The van der Waals surface area contributed by atoms with Gasteiger partial charge in [-0.2, -0.15) is 0 Å². The highest BCUT2D eigenvalue weighted by atomic mass is 16.1. The van der Waals surface area contributed by atoms with Crippen molar-refractivity contribution in [2.24, 2.45) is 4.99 Å². The molecule has 0 radical (unpaired) electrons. The minimum absolute atomic E-state index is 0.0822. The van der Waals surface area contributed by atoms with Crippen LogP contribution in [-0.4, -0.2) is 41.9 Å². The summed E-state index contributed by atoms with van der Waals surface area (Å²) in [6.07, 6.45) is 2.52. The normalized spacial score (nSPS) is 14.6. The molecule has 6 heteroatoms. The van der Waals surface area contributed by atoms with Crippen LogP contribution in [0.25, 0.3) is 11.3 Å². The van der Waals surface area contributed by atoms with Gasteiger partial charge in [0.2, 0.25) is 0 Å². The summed E-state index contributed by atoms with van der Waals surface area (Å²) in [6.45, 7) is 7.82. The zero-order valence-corrected chi connectivity index (χ0v) is 19.7. The number of anilines is 2. The summed E-state index contributed by atoms with van der Waals surface area (Å²) in [4.78, 5) is 30.0. The Balaban J connectivity index is 1.42. The fourth-order valence-corrected chi connectivity index (χ4v) is 4.57. The van der Waals surface area contributed by atoms with Crippen LogP contribution in [0.3, 0.4) is 0 Å². The van der Waals surface area contributed by atoms with E-state index >= 15 is 0 Å². The summed E-state index contributed by atoms with van der Waals surface area (Å²) in [6, 6.07) is 22.3. The number of hydrogen-bond donors (Lipinski definition) is 1. The molecule has 2 aliphatic heterocycles. The molecule has 172 valence electrons. The standard InChI is InChI=1S/C28H29N5O/c1-3-23(27-22-9-5-4-6-10-24(22)31-28(27)34)30-25-19-21(13-12-20(25)2)32-15-17-33(18-16-32)26-11-7-8-14-29-26/h4-14,19H,3,15-18H2,1-2H3,(H,31,34). The number of fused-ring (bicyclic) bond motifs is 1. The van der Waals surface area contributed by atoms with Crippen LogP contribution in [0.15, 0.2) is 82.7 Å². The number of hydrogen-bond acceptors (Lipinski definition) is 5. The SMILES string of the molecule is CCC(=Nc1cc(N2CCN(c3ccccn3)CC2)ccc1C)c1c2cccccc-2[nH]c1=O. The van der Waals surface area contributed by atoms with Gasteiger partial charge in [0, 0.05) is 49.3 Å². The summed E-state index contributed by atoms with van der Waals surface area (Å²) < 4.78 is 0. The number of aliphatic imine (C=N–C) groups is 1. The van der Waals surface area contributed by atoms with Crippen LogP contribution >= 0.6 is 0 Å². The molecule has 2 aromatic rings. The van der Waals surface area contributed by atoms with Gasteiger partial charge in [0.1, 0.15) is 5.82 Å². The van der Waals surface area contributed by atoms with Gasteiger partial charge in [-0.25, -0.2) is 4.98 Å². The molecule has 1 aromatic carbocycles.